The minimum absolute atomic E-state index is 0. The smallest absolute Gasteiger partial charge is 0.508 e. The van der Waals surface area contributed by atoms with Gasteiger partial charge in [0.2, 0.25) is 0 Å². The molecule has 2 saturated carbocycles. The van der Waals surface area contributed by atoms with Crippen molar-refractivity contribution in [3.05, 3.63) is 193 Å². The van der Waals surface area contributed by atoms with Gasteiger partial charge >= 0.3 is 37.0 Å². The number of methoxy groups -OCH3 is 2. The molecule has 122 heavy (non-hydrogen) atoms. The number of fused-ring (bicyclic) bond motifs is 2. The molecule has 4 fully saturated rings. The number of carbonyl (C=O) groups excluding carboxylic acids is 5. The Morgan fingerprint density at radius 2 is 0.861 bits per heavy atom. The number of hydrogen-bond donors (Lipinski definition) is 6. The first-order chi connectivity index (χ1) is 57.7. The Hall–Kier alpha value is -8.09. The molecule has 12 atom stereocenters. The summed E-state index contributed by atoms with van der Waals surface area (Å²) in [7, 11) is 7.30. The first kappa shape index (κ1) is 112. The Bertz CT molecular complexity index is 4140. The van der Waals surface area contributed by atoms with Crippen LogP contribution in [0.1, 0.15) is 57.6 Å². The SMILES string of the molecule is CC[C@]12C=CCN3CC[C@@]4(c5ccc(OC)cc5N(C)[C@H]4[C@@](O)(CN)[C@@H]1O)[C@@H]32.CC[C@]12C=CCN3CC[C@@]4(c5ccc(OC)cc5N(C)[C@H]4[C@@](O)(CNC(=O)Oc4ccccc4)[C@@H]1OC(C)=O)[C@@H]32.FF.FF.FF.FF.FF.FF.FF.O=C(Cl)Oc1ccccc1.O=C(Cl)Oc1ccccc1.O=C(OC(Cl)(Cl)Cl)OC(Cl)(Cl)Cl.Oc1ccccc1.[B]. The Morgan fingerprint density at radius 1 is 0.516 bits per heavy atom. The number of aliphatic hydroxyl groups excluding tert-OH is 1. The molecule has 2 saturated heterocycles. The molecule has 7 N–H and O–H groups in total. The maximum Gasteiger partial charge on any atom is 0.515 e. The van der Waals surface area contributed by atoms with E-state index in [0.717, 1.165) is 73.9 Å². The van der Waals surface area contributed by atoms with Crippen LogP contribution in [0.3, 0.4) is 0 Å². The van der Waals surface area contributed by atoms with E-state index >= 15 is 0 Å². The molecule has 6 aromatic carbocycles. The summed E-state index contributed by atoms with van der Waals surface area (Å²) >= 11 is 40.1. The van der Waals surface area contributed by atoms with Gasteiger partial charge in [0, 0.05) is 194 Å². The van der Waals surface area contributed by atoms with Gasteiger partial charge in [-0.2, -0.15) is 0 Å². The van der Waals surface area contributed by atoms with Crippen molar-refractivity contribution < 1.29 is 146 Å². The van der Waals surface area contributed by atoms with Gasteiger partial charge in [0.25, 0.3) is 0 Å². The van der Waals surface area contributed by atoms with Gasteiger partial charge in [-0.1, -0.05) is 123 Å². The fraction of sp³-hybridized carbons (Fsp3) is 0.408. The van der Waals surface area contributed by atoms with Crippen LogP contribution in [0, 0.1) is 10.8 Å². The summed E-state index contributed by atoms with van der Waals surface area (Å²) in [4.78, 5) is 65.7. The third-order valence-electron chi connectivity index (χ3n) is 21.0. The van der Waals surface area contributed by atoms with Crippen molar-refractivity contribution in [2.75, 3.05) is 77.4 Å². The van der Waals surface area contributed by atoms with Crippen LogP contribution in [0.15, 0.2) is 182 Å². The number of benzene rings is 6. The summed E-state index contributed by atoms with van der Waals surface area (Å²) in [6, 6.07) is 46.5. The van der Waals surface area contributed by atoms with Crippen LogP contribution in [0.25, 0.3) is 0 Å². The summed E-state index contributed by atoms with van der Waals surface area (Å²) in [6.07, 6.45) is 7.85. The number of carbonyl (C=O) groups is 5. The Balaban J connectivity index is 0.000000785. The standard InChI is InChI=1S/C31H37N3O6.C22H31N3O3.2C7H5ClO2.C6H6O.C3Cl6O3.B.7F2/c1-5-29-14-9-16-34-17-15-30(25(29)34)23-13-12-22(38-4)18-24(23)33(3)26(30)31(37,27(29)39-20(2)35)19-32-28(36)40-21-10-7-6-8-11-21;1-4-20-8-5-10-25-11-9-21(17(20)25)15-7-6-14(28-3)12-16(15)24(2)18(21)22(27,13-23)19(20)26;2*8-7(9)10-6-4-2-1-3-5-6;7-6-4-2-1-3-5-6;4-2(5,6)11-1(10)12-3(7,8)9;;7*1-2/h6-14,18,25-27,37H,5,15-17,19H2,1-4H3,(H,32,36);5-8,12,17-19,26-27H,4,9-11,13,23H2,1-3H3;2*1-5H;1-5,7H;;;;;;;;;/t25-,26+,27+,29+,30+,31-;17-,18+,19+,20+,21+,22-;;;;;;;;;;;;/m00............/s1. The highest BCUT2D eigenvalue weighted by molar-refractivity contribution is 6.67. The molecule has 2 spiro atoms. The largest absolute Gasteiger partial charge is 0.515 e. The van der Waals surface area contributed by atoms with E-state index in [9.17, 15) is 39.3 Å². The van der Waals surface area contributed by atoms with Crippen molar-refractivity contribution in [2.45, 2.75) is 113 Å². The van der Waals surface area contributed by atoms with Crippen LogP contribution >= 0.6 is 92.8 Å². The van der Waals surface area contributed by atoms with Gasteiger partial charge in [-0.05, 0) is 180 Å². The predicted molar refractivity (Wildman–Crippen MR) is 433 cm³/mol. The minimum atomic E-state index is -2.24. The summed E-state index contributed by atoms with van der Waals surface area (Å²) in [5, 5.41) is 48.0. The van der Waals surface area contributed by atoms with Crippen LogP contribution in [0.4, 0.5) is 94.6 Å². The number of aliphatic hydroxyl groups is 3. The van der Waals surface area contributed by atoms with Crippen LogP contribution in [-0.2, 0) is 29.8 Å². The molecule has 2 aliphatic carbocycles. The first-order valence-electron chi connectivity index (χ1n) is 35.0. The number of halogens is 22. The van der Waals surface area contributed by atoms with Crippen LogP contribution in [-0.4, -0.2) is 191 Å². The molecule has 677 valence electrons. The normalized spacial score (nSPS) is 24.5. The van der Waals surface area contributed by atoms with E-state index in [1.807, 2.05) is 56.6 Å². The highest BCUT2D eigenvalue weighted by atomic mass is 35.6. The summed E-state index contributed by atoms with van der Waals surface area (Å²) in [5.74, 6) is 2.70. The fourth-order valence-electron chi connectivity index (χ4n) is 17.6. The second-order valence-corrected chi connectivity index (χ2v) is 31.5. The van der Waals surface area contributed by atoms with E-state index in [4.69, 9.17) is 187 Å². The summed E-state index contributed by atoms with van der Waals surface area (Å²) in [6.45, 7) is 8.93. The Morgan fingerprint density at radius 3 is 1.18 bits per heavy atom. The Labute approximate surface area is 733 Å². The van der Waals surface area contributed by atoms with Crippen molar-refractivity contribution >= 4 is 142 Å². The van der Waals surface area contributed by atoms with Crippen molar-refractivity contribution in [3.63, 3.8) is 0 Å². The van der Waals surface area contributed by atoms with Crippen molar-refractivity contribution in [2.24, 2.45) is 16.6 Å². The first-order valence-corrected chi connectivity index (χ1v) is 38.0. The van der Waals surface area contributed by atoms with E-state index in [2.05, 4.69) is 100 Å². The van der Waals surface area contributed by atoms with Crippen molar-refractivity contribution in [1.82, 2.24) is 15.1 Å². The third-order valence-corrected chi connectivity index (χ3v) is 21.6. The average Bonchev–Trinajstić information content (AvgIpc) is 1.48. The lowest BCUT2D eigenvalue weighted by Crippen LogP contribution is -2.81. The molecule has 14 rings (SSSR count). The number of phenolic OH excluding ortho intramolecular Hbond substituents is 1. The molecule has 3 radical (unpaired) electrons. The lowest BCUT2D eigenvalue weighted by atomic mass is 9.47. The monoisotopic (exact) mass is 1910 g/mol. The molecule has 8 aliphatic rings. The molecule has 6 aliphatic heterocycles. The van der Waals surface area contributed by atoms with Gasteiger partial charge in [0.1, 0.15) is 51.8 Å². The number of nitrogens with one attached hydrogen (secondary N) is 1. The molecule has 46 heteroatoms. The number of amides is 1. The number of para-hydroxylation sites is 4. The van der Waals surface area contributed by atoms with E-state index < -0.39 is 82.7 Å². The van der Waals surface area contributed by atoms with Crippen LogP contribution < -0.4 is 44.5 Å². The zero-order valence-electron chi connectivity index (χ0n) is 65.2. The topological polar surface area (TPSA) is 291 Å². The molecule has 6 aromatic rings. The number of hydrogen-bond acceptors (Lipinski definition) is 22. The second kappa shape index (κ2) is 52.6. The number of nitrogens with two attached hydrogens (primary N) is 1. The number of ether oxygens (including phenoxy) is 8. The summed E-state index contributed by atoms with van der Waals surface area (Å²) in [5.41, 5.74) is 4.01. The average molecular weight is 1910 g/mol. The number of rotatable bonds is 11. The third kappa shape index (κ3) is 26.3. The van der Waals surface area contributed by atoms with Crippen LogP contribution in [0.5, 0.6) is 34.5 Å². The number of likely N-dealkylation sites (N-methyl/N-ethyl adjacent to an activating group) is 2. The maximum absolute atomic E-state index is 13.0. The number of anilines is 2. The second-order valence-electron chi connectivity index (χ2n) is 26.5. The fourth-order valence-corrected chi connectivity index (χ4v) is 18.2. The highest BCUT2D eigenvalue weighted by Gasteiger charge is 2.79. The highest BCUT2D eigenvalue weighted by Crippen LogP contribution is 2.69. The van der Waals surface area contributed by atoms with Gasteiger partial charge in [0.15, 0.2) is 0 Å². The molecule has 6 heterocycles. The van der Waals surface area contributed by atoms with Crippen molar-refractivity contribution in [3.8, 4) is 34.5 Å². The number of phenols is 1. The minimum Gasteiger partial charge on any atom is -0.508 e. The number of nitrogens with zero attached hydrogens (tertiary/aromatic N) is 4. The van der Waals surface area contributed by atoms with Gasteiger partial charge in [-0.3, -0.25) is 14.6 Å². The molecule has 0 unspecified atom stereocenters. The number of aromatic hydroxyl groups is 1. The number of esters is 1. The van der Waals surface area contributed by atoms with Crippen LogP contribution in [0.2, 0.25) is 0 Å². The van der Waals surface area contributed by atoms with Gasteiger partial charge < -0.3 is 79.2 Å². The van der Waals surface area contributed by atoms with E-state index in [0.29, 0.717) is 29.4 Å². The zero-order valence-corrected chi connectivity index (χ0v) is 71.3. The lowest BCUT2D eigenvalue weighted by molar-refractivity contribution is -0.216. The van der Waals surface area contributed by atoms with E-state index in [1.165, 1.54) is 12.5 Å². The predicted octanol–water partition coefficient (Wildman–Crippen LogP) is 19.7. The molecule has 0 bridgehead atoms. The maximum atomic E-state index is 13.0. The van der Waals surface area contributed by atoms with Gasteiger partial charge in [-0.15, -0.1) is 0 Å². The number of alkyl halides is 6. The molecule has 23 nitrogen and oxygen atoms in total. The van der Waals surface area contributed by atoms with Gasteiger partial charge in [0.05, 0.1) is 39.0 Å². The zero-order chi connectivity index (χ0) is 92.1. The van der Waals surface area contributed by atoms with E-state index in [-0.39, 0.29) is 45.0 Å². The quantitative estimate of drug-likeness (QED) is 0.0175. The Kier molecular flexibility index (Phi) is 48.3. The van der Waals surface area contributed by atoms with E-state index in [1.54, 1.807) is 111 Å². The lowest BCUT2D eigenvalue weighted by Gasteiger charge is -2.64. The van der Waals surface area contributed by atoms with Crippen molar-refractivity contribution in [1.29, 1.82) is 0 Å². The molecular weight excluding hydrogens is 1830 g/mol. The summed E-state index contributed by atoms with van der Waals surface area (Å²) < 4.78 is 147. The van der Waals surface area contributed by atoms with Gasteiger partial charge in [-0.25, -0.2) is 19.2 Å². The molecule has 0 aromatic heterocycles. The molecule has 1 amide bonds. The molecular formula is C76H84BCl8F14N6O17.